The Hall–Kier alpha value is -1.18. The molecule has 410 valence electrons. The van der Waals surface area contributed by atoms with Crippen LogP contribution in [0.3, 0.4) is 0 Å². The monoisotopic (exact) mass is 974 g/mol. The van der Waals surface area contributed by atoms with Crippen LogP contribution in [0.4, 0.5) is 0 Å². The van der Waals surface area contributed by atoms with Crippen LogP contribution >= 0.6 is 0 Å². The Morgan fingerprint density at radius 3 is 0.783 bits per heavy atom. The lowest BCUT2D eigenvalue weighted by Crippen LogP contribution is -2.45. The summed E-state index contributed by atoms with van der Waals surface area (Å²) in [7, 11) is 0. The van der Waals surface area contributed by atoms with Crippen LogP contribution in [0.25, 0.3) is 0 Å². The van der Waals surface area contributed by atoms with Gasteiger partial charge in [0.05, 0.1) is 12.2 Å². The molecule has 0 aliphatic heterocycles. The van der Waals surface area contributed by atoms with Crippen molar-refractivity contribution >= 4 is 11.8 Å². The van der Waals surface area contributed by atoms with E-state index in [1.54, 1.807) is 0 Å². The normalized spacial score (nSPS) is 16.2. The van der Waals surface area contributed by atoms with E-state index < -0.39 is 12.2 Å². The molecule has 1 saturated carbocycles. The van der Waals surface area contributed by atoms with Crippen molar-refractivity contribution in [1.29, 1.82) is 0 Å². The molecular formula is C62H123N3O4. The summed E-state index contributed by atoms with van der Waals surface area (Å²) in [5, 5.41) is 21.2. The molecule has 1 unspecified atom stereocenters. The van der Waals surface area contributed by atoms with E-state index in [0.717, 1.165) is 116 Å². The summed E-state index contributed by atoms with van der Waals surface area (Å²) in [6, 6.07) is 0.250. The van der Waals surface area contributed by atoms with Gasteiger partial charge in [-0.15, -0.1) is 0 Å². The van der Waals surface area contributed by atoms with Gasteiger partial charge in [-0.3, -0.25) is 9.59 Å². The van der Waals surface area contributed by atoms with E-state index in [2.05, 4.69) is 42.4 Å². The van der Waals surface area contributed by atoms with Gasteiger partial charge in [0.1, 0.15) is 0 Å². The van der Waals surface area contributed by atoms with Gasteiger partial charge in [-0.1, -0.05) is 246 Å². The van der Waals surface area contributed by atoms with Gasteiger partial charge >= 0.3 is 0 Å². The third kappa shape index (κ3) is 40.9. The van der Waals surface area contributed by atoms with E-state index in [4.69, 9.17) is 0 Å². The number of nitrogens with zero attached hydrogens (tertiary/aromatic N) is 3. The molecule has 0 spiro atoms. The number of carbonyl (C=O) groups excluding carboxylic acids is 2. The van der Waals surface area contributed by atoms with Crippen LogP contribution in [0.2, 0.25) is 0 Å². The maximum absolute atomic E-state index is 13.5. The van der Waals surface area contributed by atoms with E-state index >= 15 is 0 Å². The van der Waals surface area contributed by atoms with Crippen LogP contribution in [0.15, 0.2) is 0 Å². The average Bonchev–Trinajstić information content (AvgIpc) is 3.34. The second-order valence-electron chi connectivity index (χ2n) is 22.4. The highest BCUT2D eigenvalue weighted by atomic mass is 16.3. The molecule has 1 rings (SSSR count). The van der Waals surface area contributed by atoms with Gasteiger partial charge in [-0.25, -0.2) is 0 Å². The summed E-state index contributed by atoms with van der Waals surface area (Å²) in [6.45, 7) is 15.0. The zero-order chi connectivity index (χ0) is 50.1. The number of carbonyl (C=O) groups is 2. The predicted molar refractivity (Wildman–Crippen MR) is 300 cm³/mol. The van der Waals surface area contributed by atoms with Crippen molar-refractivity contribution in [3.8, 4) is 0 Å². The van der Waals surface area contributed by atoms with Crippen molar-refractivity contribution in [3.63, 3.8) is 0 Å². The van der Waals surface area contributed by atoms with Gasteiger partial charge < -0.3 is 24.9 Å². The van der Waals surface area contributed by atoms with Crippen LogP contribution in [-0.4, -0.2) is 94.2 Å². The SMILES string of the molecule is CCCCCCCCCCN(CCCCCCCCCC)C(=O)CCCCCCCN(CCCCCCCC(=O)N(CCCCCCCCCC)CCCCCCCCCC)C1C[C@@H](O)C[C@@H](O)C1. The summed E-state index contributed by atoms with van der Waals surface area (Å²) in [6.07, 6.45) is 55.6. The zero-order valence-electron chi connectivity index (χ0n) is 47.3. The first-order chi connectivity index (χ1) is 33.9. The number of hydrogen-bond acceptors (Lipinski definition) is 5. The second kappa shape index (κ2) is 50.4. The summed E-state index contributed by atoms with van der Waals surface area (Å²) in [5.74, 6) is 0.774. The van der Waals surface area contributed by atoms with E-state index in [0.29, 0.717) is 31.1 Å². The quantitative estimate of drug-likeness (QED) is 0.0593. The highest BCUT2D eigenvalue weighted by Crippen LogP contribution is 2.25. The van der Waals surface area contributed by atoms with Crippen molar-refractivity contribution in [1.82, 2.24) is 14.7 Å². The first-order valence-corrected chi connectivity index (χ1v) is 31.5. The molecule has 7 nitrogen and oxygen atoms in total. The van der Waals surface area contributed by atoms with Gasteiger partial charge in [0, 0.05) is 45.1 Å². The second-order valence-corrected chi connectivity index (χ2v) is 22.4. The van der Waals surface area contributed by atoms with Crippen molar-refractivity contribution in [2.24, 2.45) is 0 Å². The molecule has 7 heteroatoms. The summed E-state index contributed by atoms with van der Waals surface area (Å²) < 4.78 is 0. The molecule has 0 saturated heterocycles. The maximum atomic E-state index is 13.5. The summed E-state index contributed by atoms with van der Waals surface area (Å²) >= 11 is 0. The van der Waals surface area contributed by atoms with Crippen LogP contribution in [0.5, 0.6) is 0 Å². The topological polar surface area (TPSA) is 84.3 Å². The molecule has 3 atom stereocenters. The Kier molecular flexibility index (Phi) is 48.0. The predicted octanol–water partition coefficient (Wildman–Crippen LogP) is 17.5. The summed E-state index contributed by atoms with van der Waals surface area (Å²) in [5.41, 5.74) is 0. The standard InChI is InChI=1S/C62H123N3O4/c1-5-9-13-17-21-25-33-43-51-64(52-44-34-26-22-18-14-10-6-2)61(68)47-39-31-29-37-41-49-63(58-55-59(66)57-60(67)56-58)50-42-38-30-32-40-48-62(69)65(53-45-35-27-23-19-15-11-7-3)54-46-36-28-24-20-16-12-8-4/h58-60,66-67H,5-57H2,1-4H3/t58?,59-,60+. The third-order valence-electron chi connectivity index (χ3n) is 15.7. The minimum Gasteiger partial charge on any atom is -0.393 e. The van der Waals surface area contributed by atoms with E-state index in [-0.39, 0.29) is 6.04 Å². The maximum Gasteiger partial charge on any atom is 0.222 e. The molecule has 0 aromatic carbocycles. The Morgan fingerprint density at radius 2 is 0.522 bits per heavy atom. The van der Waals surface area contributed by atoms with Gasteiger partial charge in [-0.05, 0) is 83.7 Å². The van der Waals surface area contributed by atoms with Crippen LogP contribution in [0.1, 0.15) is 329 Å². The molecule has 69 heavy (non-hydrogen) atoms. The molecule has 2 amide bonds. The highest BCUT2D eigenvalue weighted by Gasteiger charge is 2.30. The minimum atomic E-state index is -0.410. The smallest absolute Gasteiger partial charge is 0.222 e. The number of rotatable bonds is 53. The number of amides is 2. The molecule has 2 N–H and O–H groups in total. The van der Waals surface area contributed by atoms with Crippen molar-refractivity contribution in [2.75, 3.05) is 39.3 Å². The molecular weight excluding hydrogens is 851 g/mol. The fourth-order valence-corrected chi connectivity index (χ4v) is 11.0. The molecule has 1 aliphatic rings. The lowest BCUT2D eigenvalue weighted by atomic mass is 9.89. The Bertz CT molecular complexity index is 970. The lowest BCUT2D eigenvalue weighted by Gasteiger charge is -2.38. The molecule has 1 fully saturated rings. The highest BCUT2D eigenvalue weighted by molar-refractivity contribution is 5.76. The zero-order valence-corrected chi connectivity index (χ0v) is 47.3. The van der Waals surface area contributed by atoms with E-state index in [1.807, 2.05) is 0 Å². The van der Waals surface area contributed by atoms with Crippen molar-refractivity contribution in [3.05, 3.63) is 0 Å². The number of unbranched alkanes of at least 4 members (excludes halogenated alkanes) is 36. The fourth-order valence-electron chi connectivity index (χ4n) is 11.0. The molecule has 0 aromatic heterocycles. The largest absolute Gasteiger partial charge is 0.393 e. The third-order valence-corrected chi connectivity index (χ3v) is 15.7. The lowest BCUT2D eigenvalue weighted by molar-refractivity contribution is -0.132. The first-order valence-electron chi connectivity index (χ1n) is 31.5. The van der Waals surface area contributed by atoms with Crippen molar-refractivity contribution in [2.45, 2.75) is 348 Å². The Labute approximate surface area is 431 Å². The molecule has 0 bridgehead atoms. The van der Waals surface area contributed by atoms with Gasteiger partial charge in [0.2, 0.25) is 11.8 Å². The van der Waals surface area contributed by atoms with Crippen LogP contribution in [0, 0.1) is 0 Å². The number of aliphatic hydroxyl groups is 2. The number of hydrogen-bond donors (Lipinski definition) is 2. The van der Waals surface area contributed by atoms with Crippen molar-refractivity contribution < 1.29 is 19.8 Å². The number of aliphatic hydroxyl groups excluding tert-OH is 2. The Morgan fingerprint density at radius 1 is 0.304 bits per heavy atom. The average molecular weight is 975 g/mol. The summed E-state index contributed by atoms with van der Waals surface area (Å²) in [4.78, 5) is 34.0. The van der Waals surface area contributed by atoms with Gasteiger partial charge in [-0.2, -0.15) is 0 Å². The van der Waals surface area contributed by atoms with Gasteiger partial charge in [0.15, 0.2) is 0 Å². The first kappa shape index (κ1) is 65.8. The molecule has 0 aromatic rings. The van der Waals surface area contributed by atoms with Crippen LogP contribution < -0.4 is 0 Å². The molecule has 1 aliphatic carbocycles. The molecule has 0 heterocycles. The van der Waals surface area contributed by atoms with Gasteiger partial charge in [0.25, 0.3) is 0 Å². The van der Waals surface area contributed by atoms with E-state index in [9.17, 15) is 19.8 Å². The fraction of sp³-hybridized carbons (Fsp3) is 0.968. The minimum absolute atomic E-state index is 0.250. The van der Waals surface area contributed by atoms with E-state index in [1.165, 1.54) is 205 Å². The van der Waals surface area contributed by atoms with Crippen LogP contribution in [-0.2, 0) is 9.59 Å². The Balaban J connectivity index is 2.49. The molecule has 0 radical (unpaired) electrons.